The van der Waals surface area contributed by atoms with E-state index in [1.807, 2.05) is 12.1 Å². The molecule has 21 heavy (non-hydrogen) atoms. The van der Waals surface area contributed by atoms with Crippen LogP contribution < -0.4 is 5.32 Å². The van der Waals surface area contributed by atoms with Crippen molar-refractivity contribution in [1.82, 2.24) is 5.32 Å². The van der Waals surface area contributed by atoms with Crippen LogP contribution in [0.2, 0.25) is 10.0 Å². The fourth-order valence-electron chi connectivity index (χ4n) is 2.31. The van der Waals surface area contributed by atoms with Crippen molar-refractivity contribution in [1.29, 1.82) is 0 Å². The predicted molar refractivity (Wildman–Crippen MR) is 94.7 cm³/mol. The van der Waals surface area contributed by atoms with Crippen molar-refractivity contribution in [3.8, 4) is 0 Å². The quantitative estimate of drug-likeness (QED) is 0.657. The zero-order chi connectivity index (χ0) is 15.4. The van der Waals surface area contributed by atoms with Crippen molar-refractivity contribution in [3.05, 3.63) is 63.6 Å². The van der Waals surface area contributed by atoms with Gasteiger partial charge in [0.05, 0.1) is 0 Å². The van der Waals surface area contributed by atoms with Gasteiger partial charge in [-0.05, 0) is 55.5 Å². The summed E-state index contributed by atoms with van der Waals surface area (Å²) in [7, 11) is 0. The molecule has 2 aromatic rings. The summed E-state index contributed by atoms with van der Waals surface area (Å²) in [5, 5.41) is 4.94. The summed E-state index contributed by atoms with van der Waals surface area (Å²) in [6.07, 6.45) is 2.08. The van der Waals surface area contributed by atoms with E-state index in [9.17, 15) is 0 Å². The topological polar surface area (TPSA) is 12.0 Å². The highest BCUT2D eigenvalue weighted by Crippen LogP contribution is 2.28. The van der Waals surface area contributed by atoms with Gasteiger partial charge in [0.1, 0.15) is 0 Å². The van der Waals surface area contributed by atoms with Crippen LogP contribution in [0.3, 0.4) is 0 Å². The highest BCUT2D eigenvalue weighted by Gasteiger charge is 2.14. The molecule has 1 N–H and O–H groups in total. The van der Waals surface area contributed by atoms with Crippen molar-refractivity contribution in [3.63, 3.8) is 0 Å². The zero-order valence-electron chi connectivity index (χ0n) is 12.4. The van der Waals surface area contributed by atoms with Crippen LogP contribution in [-0.4, -0.2) is 6.26 Å². The van der Waals surface area contributed by atoms with Crippen LogP contribution in [0.1, 0.15) is 37.1 Å². The zero-order valence-corrected chi connectivity index (χ0v) is 14.7. The molecule has 0 amide bonds. The molecule has 0 saturated carbocycles. The maximum atomic E-state index is 6.27. The highest BCUT2D eigenvalue weighted by molar-refractivity contribution is 7.98. The molecule has 0 radical (unpaired) electrons. The normalized spacial score (nSPS) is 14.0. The lowest BCUT2D eigenvalue weighted by Gasteiger charge is -2.22. The van der Waals surface area contributed by atoms with E-state index < -0.39 is 0 Å². The Morgan fingerprint density at radius 1 is 0.952 bits per heavy atom. The molecule has 0 saturated heterocycles. The molecular weight excluding hydrogens is 321 g/mol. The third-order valence-electron chi connectivity index (χ3n) is 3.54. The van der Waals surface area contributed by atoms with Crippen LogP contribution in [0.4, 0.5) is 0 Å². The molecule has 112 valence electrons. The Bertz CT molecular complexity index is 598. The van der Waals surface area contributed by atoms with Crippen LogP contribution in [0.15, 0.2) is 47.4 Å². The lowest BCUT2D eigenvalue weighted by atomic mass is 10.0. The Balaban J connectivity index is 2.08. The lowest BCUT2D eigenvalue weighted by Crippen LogP contribution is -2.22. The van der Waals surface area contributed by atoms with Crippen molar-refractivity contribution >= 4 is 35.0 Å². The number of halogens is 2. The Kier molecular flexibility index (Phi) is 6.00. The molecule has 0 heterocycles. The second kappa shape index (κ2) is 7.55. The van der Waals surface area contributed by atoms with Gasteiger partial charge >= 0.3 is 0 Å². The van der Waals surface area contributed by atoms with E-state index in [1.165, 1.54) is 10.5 Å². The average Bonchev–Trinajstić information content (AvgIpc) is 2.47. The van der Waals surface area contributed by atoms with Gasteiger partial charge in [0.2, 0.25) is 0 Å². The van der Waals surface area contributed by atoms with E-state index in [-0.39, 0.29) is 12.1 Å². The van der Waals surface area contributed by atoms with E-state index in [0.717, 1.165) is 5.56 Å². The molecule has 2 aromatic carbocycles. The number of hydrogen-bond acceptors (Lipinski definition) is 2. The van der Waals surface area contributed by atoms with Crippen molar-refractivity contribution in [2.45, 2.75) is 30.8 Å². The van der Waals surface area contributed by atoms with Crippen LogP contribution in [-0.2, 0) is 0 Å². The second-order valence-corrected chi connectivity index (χ2v) is 6.77. The van der Waals surface area contributed by atoms with Gasteiger partial charge in [-0.1, -0.05) is 41.4 Å². The summed E-state index contributed by atoms with van der Waals surface area (Å²) in [4.78, 5) is 1.28. The molecule has 2 unspecified atom stereocenters. The molecule has 0 aromatic heterocycles. The monoisotopic (exact) mass is 339 g/mol. The van der Waals surface area contributed by atoms with Gasteiger partial charge in [-0.15, -0.1) is 11.8 Å². The predicted octanol–water partition coefficient (Wildman–Crippen LogP) is 6.13. The number of thioether (sulfide) groups is 1. The van der Waals surface area contributed by atoms with E-state index in [2.05, 4.69) is 49.7 Å². The first-order chi connectivity index (χ1) is 10.0. The minimum atomic E-state index is 0.157. The smallest absolute Gasteiger partial charge is 0.0468 e. The first-order valence-corrected chi connectivity index (χ1v) is 8.84. The van der Waals surface area contributed by atoms with Gasteiger partial charge in [-0.2, -0.15) is 0 Å². The fourth-order valence-corrected chi connectivity index (χ4v) is 3.29. The summed E-state index contributed by atoms with van der Waals surface area (Å²) in [6.45, 7) is 4.27. The highest BCUT2D eigenvalue weighted by atomic mass is 35.5. The van der Waals surface area contributed by atoms with E-state index in [1.54, 1.807) is 17.8 Å². The molecule has 0 aliphatic rings. The van der Waals surface area contributed by atoms with Gasteiger partial charge in [-0.3, -0.25) is 0 Å². The summed E-state index contributed by atoms with van der Waals surface area (Å²) in [5.41, 5.74) is 2.33. The summed E-state index contributed by atoms with van der Waals surface area (Å²) in [5.74, 6) is 0. The fraction of sp³-hybridized carbons (Fsp3) is 0.294. The van der Waals surface area contributed by atoms with Crippen LogP contribution in [0, 0.1) is 0 Å². The molecule has 0 bridgehead atoms. The van der Waals surface area contributed by atoms with Crippen molar-refractivity contribution < 1.29 is 0 Å². The first-order valence-electron chi connectivity index (χ1n) is 6.86. The van der Waals surface area contributed by atoms with Crippen LogP contribution >= 0.6 is 35.0 Å². The van der Waals surface area contributed by atoms with E-state index >= 15 is 0 Å². The van der Waals surface area contributed by atoms with Gasteiger partial charge in [0, 0.05) is 27.0 Å². The molecule has 2 atom stereocenters. The molecular formula is C17H19Cl2NS. The maximum absolute atomic E-state index is 6.27. The molecule has 0 aliphatic carbocycles. The summed E-state index contributed by atoms with van der Waals surface area (Å²) >= 11 is 14.0. The minimum Gasteiger partial charge on any atom is -0.304 e. The third-order valence-corrected chi connectivity index (χ3v) is 4.85. The Morgan fingerprint density at radius 3 is 2.19 bits per heavy atom. The molecule has 0 spiro atoms. The SMILES string of the molecule is CSc1ccc(C(C)NC(C)c2ccc(Cl)cc2Cl)cc1. The number of hydrogen-bond donors (Lipinski definition) is 1. The Hall–Kier alpha value is -0.670. The number of rotatable bonds is 5. The van der Waals surface area contributed by atoms with E-state index in [4.69, 9.17) is 23.2 Å². The van der Waals surface area contributed by atoms with Crippen molar-refractivity contribution in [2.75, 3.05) is 6.26 Å². The third kappa shape index (κ3) is 4.40. The first kappa shape index (κ1) is 16.7. The molecule has 4 heteroatoms. The molecule has 2 rings (SSSR count). The van der Waals surface area contributed by atoms with Gasteiger partial charge in [0.25, 0.3) is 0 Å². The Labute approximate surface area is 141 Å². The number of nitrogens with one attached hydrogen (secondary N) is 1. The molecule has 0 fully saturated rings. The van der Waals surface area contributed by atoms with Crippen LogP contribution in [0.5, 0.6) is 0 Å². The van der Waals surface area contributed by atoms with Gasteiger partial charge < -0.3 is 5.32 Å². The lowest BCUT2D eigenvalue weighted by molar-refractivity contribution is 0.494. The molecule has 0 aliphatic heterocycles. The summed E-state index contributed by atoms with van der Waals surface area (Å²) < 4.78 is 0. The summed E-state index contributed by atoms with van der Waals surface area (Å²) in [6, 6.07) is 14.7. The molecule has 1 nitrogen and oxygen atoms in total. The Morgan fingerprint density at radius 2 is 1.62 bits per heavy atom. The number of benzene rings is 2. The average molecular weight is 340 g/mol. The maximum Gasteiger partial charge on any atom is 0.0468 e. The standard InChI is InChI=1S/C17H19Cl2NS/c1-11(13-4-7-15(21-3)8-5-13)20-12(2)16-9-6-14(18)10-17(16)19/h4-12,20H,1-3H3. The second-order valence-electron chi connectivity index (χ2n) is 5.05. The van der Waals surface area contributed by atoms with Gasteiger partial charge in [-0.25, -0.2) is 0 Å². The largest absolute Gasteiger partial charge is 0.304 e. The van der Waals surface area contributed by atoms with Gasteiger partial charge in [0.15, 0.2) is 0 Å². The minimum absolute atomic E-state index is 0.157. The van der Waals surface area contributed by atoms with Crippen molar-refractivity contribution in [2.24, 2.45) is 0 Å². The van der Waals surface area contributed by atoms with Crippen LogP contribution in [0.25, 0.3) is 0 Å². The van der Waals surface area contributed by atoms with E-state index in [0.29, 0.717) is 10.0 Å².